The zero-order valence-corrected chi connectivity index (χ0v) is 10.0. The van der Waals surface area contributed by atoms with Crippen LogP contribution in [-0.2, 0) is 6.54 Å². The van der Waals surface area contributed by atoms with Crippen LogP contribution in [-0.4, -0.2) is 22.3 Å². The van der Waals surface area contributed by atoms with Gasteiger partial charge in [0.25, 0.3) is 0 Å². The van der Waals surface area contributed by atoms with Crippen molar-refractivity contribution in [2.75, 3.05) is 0 Å². The number of hydrogen-bond donors (Lipinski definition) is 2. The van der Waals surface area contributed by atoms with Gasteiger partial charge in [-0.1, -0.05) is 5.16 Å². The van der Waals surface area contributed by atoms with Crippen LogP contribution in [0, 0.1) is 23.7 Å². The lowest BCUT2D eigenvalue weighted by atomic mass is 10.0. The summed E-state index contributed by atoms with van der Waals surface area (Å²) in [5.74, 6) is 3.23. The van der Waals surface area contributed by atoms with E-state index in [-0.39, 0.29) is 5.69 Å². The molecule has 0 saturated heterocycles. The molecule has 2 N–H and O–H groups in total. The Hall–Kier alpha value is -1.36. The van der Waals surface area contributed by atoms with Gasteiger partial charge in [0.05, 0.1) is 6.54 Å². The molecule has 18 heavy (non-hydrogen) atoms. The summed E-state index contributed by atoms with van der Waals surface area (Å²) in [6, 6.07) is 2.14. The fourth-order valence-corrected chi connectivity index (χ4v) is 4.31. The molecule has 3 aliphatic carbocycles. The molecule has 5 nitrogen and oxygen atoms in total. The molecule has 1 aromatic rings. The number of aromatic carboxylic acids is 1. The average Bonchev–Trinajstić information content (AvgIpc) is 2.81. The van der Waals surface area contributed by atoms with Crippen LogP contribution in [0.3, 0.4) is 0 Å². The average molecular weight is 248 g/mol. The summed E-state index contributed by atoms with van der Waals surface area (Å²) in [4.78, 5) is 10.7. The second-order valence-electron chi connectivity index (χ2n) is 5.88. The van der Waals surface area contributed by atoms with E-state index in [9.17, 15) is 4.79 Å². The lowest BCUT2D eigenvalue weighted by Crippen LogP contribution is -2.22. The fraction of sp³-hybridized carbons (Fsp3) is 0.692. The summed E-state index contributed by atoms with van der Waals surface area (Å²) in [5.41, 5.74) is -0.0112. The van der Waals surface area contributed by atoms with Crippen molar-refractivity contribution >= 4 is 5.97 Å². The second-order valence-corrected chi connectivity index (χ2v) is 5.88. The van der Waals surface area contributed by atoms with Crippen molar-refractivity contribution in [3.63, 3.8) is 0 Å². The first kappa shape index (κ1) is 10.6. The van der Waals surface area contributed by atoms with Gasteiger partial charge in [-0.05, 0) is 42.9 Å². The summed E-state index contributed by atoms with van der Waals surface area (Å²) >= 11 is 0. The van der Waals surface area contributed by atoms with E-state index in [1.807, 2.05) is 0 Å². The molecule has 4 rings (SSSR count). The van der Waals surface area contributed by atoms with Gasteiger partial charge in [0.1, 0.15) is 0 Å². The third kappa shape index (κ3) is 1.43. The van der Waals surface area contributed by atoms with Crippen molar-refractivity contribution in [3.05, 3.63) is 17.5 Å². The third-order valence-electron chi connectivity index (χ3n) is 5.03. The Kier molecular flexibility index (Phi) is 2.09. The SMILES string of the molecule is O=C(O)c1cc(CNC2C3C4CCC(C4)C23)on1. The van der Waals surface area contributed by atoms with E-state index >= 15 is 0 Å². The Morgan fingerprint density at radius 1 is 1.44 bits per heavy atom. The maximum atomic E-state index is 10.7. The zero-order chi connectivity index (χ0) is 12.3. The van der Waals surface area contributed by atoms with Crippen LogP contribution in [0.2, 0.25) is 0 Å². The van der Waals surface area contributed by atoms with Crippen molar-refractivity contribution in [1.29, 1.82) is 0 Å². The molecule has 0 aromatic carbocycles. The predicted molar refractivity (Wildman–Crippen MR) is 61.9 cm³/mol. The molecule has 5 heteroatoms. The number of nitrogens with one attached hydrogen (secondary N) is 1. The summed E-state index contributed by atoms with van der Waals surface area (Å²) in [5, 5.41) is 15.8. The highest BCUT2D eigenvalue weighted by atomic mass is 16.5. The normalized spacial score (nSPS) is 39.9. The molecular formula is C13H16N2O3. The van der Waals surface area contributed by atoms with Crippen molar-refractivity contribution in [1.82, 2.24) is 10.5 Å². The van der Waals surface area contributed by atoms with Gasteiger partial charge < -0.3 is 14.9 Å². The van der Waals surface area contributed by atoms with E-state index in [1.54, 1.807) is 0 Å². The molecule has 2 bridgehead atoms. The van der Waals surface area contributed by atoms with Crippen LogP contribution in [0.4, 0.5) is 0 Å². The summed E-state index contributed by atoms with van der Waals surface area (Å²) in [6.07, 6.45) is 4.27. The Balaban J connectivity index is 1.36. The first-order chi connectivity index (χ1) is 8.74. The molecule has 4 unspecified atom stereocenters. The van der Waals surface area contributed by atoms with Gasteiger partial charge in [-0.3, -0.25) is 0 Å². The molecular weight excluding hydrogens is 232 g/mol. The van der Waals surface area contributed by atoms with Crippen molar-refractivity contribution < 1.29 is 14.4 Å². The molecule has 0 spiro atoms. The quantitative estimate of drug-likeness (QED) is 0.844. The number of rotatable bonds is 4. The van der Waals surface area contributed by atoms with Gasteiger partial charge in [0, 0.05) is 12.1 Å². The molecule has 96 valence electrons. The first-order valence-corrected chi connectivity index (χ1v) is 6.66. The van der Waals surface area contributed by atoms with E-state index in [4.69, 9.17) is 9.63 Å². The molecule has 3 aliphatic rings. The monoisotopic (exact) mass is 248 g/mol. The second kappa shape index (κ2) is 3.57. The number of fused-ring (bicyclic) bond motifs is 5. The lowest BCUT2D eigenvalue weighted by molar-refractivity contribution is 0.0685. The van der Waals surface area contributed by atoms with Gasteiger partial charge in [0.2, 0.25) is 0 Å². The number of carbonyl (C=O) groups is 1. The highest BCUT2D eigenvalue weighted by Crippen LogP contribution is 2.65. The maximum absolute atomic E-state index is 10.7. The molecule has 0 radical (unpaired) electrons. The fourth-order valence-electron chi connectivity index (χ4n) is 4.31. The number of aromatic nitrogens is 1. The smallest absolute Gasteiger partial charge is 0.358 e. The largest absolute Gasteiger partial charge is 0.476 e. The molecule has 1 heterocycles. The number of nitrogens with zero attached hydrogens (tertiary/aromatic N) is 1. The summed E-state index contributed by atoms with van der Waals surface area (Å²) < 4.78 is 5.00. The Bertz CT molecular complexity index is 482. The first-order valence-electron chi connectivity index (χ1n) is 6.66. The topological polar surface area (TPSA) is 75.4 Å². The highest BCUT2D eigenvalue weighted by Gasteiger charge is 2.64. The summed E-state index contributed by atoms with van der Waals surface area (Å²) in [6.45, 7) is 0.595. The standard InChI is InChI=1S/C13H16N2O3/c16-13(17)9-4-8(18-15-9)5-14-12-10-6-1-2-7(3-6)11(10)12/h4,6-7,10-12,14H,1-3,5H2,(H,16,17). The minimum absolute atomic E-state index is 0.0112. The molecule has 1 aromatic heterocycles. The molecule has 3 saturated carbocycles. The minimum Gasteiger partial charge on any atom is -0.476 e. The number of carboxylic acids is 1. The lowest BCUT2D eigenvalue weighted by Gasteiger charge is -2.08. The predicted octanol–water partition coefficient (Wildman–Crippen LogP) is 1.51. The van der Waals surface area contributed by atoms with Crippen LogP contribution in [0.15, 0.2) is 10.6 Å². The van der Waals surface area contributed by atoms with E-state index in [2.05, 4.69) is 10.5 Å². The Morgan fingerprint density at radius 3 is 2.78 bits per heavy atom. The van der Waals surface area contributed by atoms with Gasteiger partial charge >= 0.3 is 5.97 Å². The molecule has 0 aliphatic heterocycles. The van der Waals surface area contributed by atoms with Gasteiger partial charge in [-0.25, -0.2) is 4.79 Å². The van der Waals surface area contributed by atoms with E-state index in [0.717, 1.165) is 23.7 Å². The maximum Gasteiger partial charge on any atom is 0.358 e. The van der Waals surface area contributed by atoms with E-state index in [0.29, 0.717) is 18.3 Å². The Labute approximate surface area is 105 Å². The van der Waals surface area contributed by atoms with Gasteiger partial charge in [-0.15, -0.1) is 0 Å². The minimum atomic E-state index is -1.04. The van der Waals surface area contributed by atoms with Crippen molar-refractivity contribution in [2.45, 2.75) is 31.8 Å². The van der Waals surface area contributed by atoms with Crippen molar-refractivity contribution in [2.24, 2.45) is 23.7 Å². The molecule has 0 amide bonds. The highest BCUT2D eigenvalue weighted by molar-refractivity contribution is 5.85. The van der Waals surface area contributed by atoms with Gasteiger partial charge in [0.15, 0.2) is 11.5 Å². The Morgan fingerprint density at radius 2 is 2.17 bits per heavy atom. The number of carboxylic acid groups (broad SMARTS) is 1. The molecule has 3 fully saturated rings. The van der Waals surface area contributed by atoms with Gasteiger partial charge in [-0.2, -0.15) is 0 Å². The zero-order valence-electron chi connectivity index (χ0n) is 10.0. The summed E-state index contributed by atoms with van der Waals surface area (Å²) in [7, 11) is 0. The van der Waals surface area contributed by atoms with Crippen LogP contribution in [0.25, 0.3) is 0 Å². The van der Waals surface area contributed by atoms with Crippen LogP contribution >= 0.6 is 0 Å². The van der Waals surface area contributed by atoms with E-state index < -0.39 is 5.97 Å². The third-order valence-corrected chi connectivity index (χ3v) is 5.03. The van der Waals surface area contributed by atoms with Crippen LogP contribution in [0.5, 0.6) is 0 Å². The molecule has 4 atom stereocenters. The number of hydrogen-bond acceptors (Lipinski definition) is 4. The van der Waals surface area contributed by atoms with E-state index in [1.165, 1.54) is 25.3 Å². The van der Waals surface area contributed by atoms with Crippen molar-refractivity contribution in [3.8, 4) is 0 Å². The van der Waals surface area contributed by atoms with Crippen LogP contribution in [0.1, 0.15) is 35.5 Å². The van der Waals surface area contributed by atoms with Crippen LogP contribution < -0.4 is 5.32 Å².